The lowest BCUT2D eigenvalue weighted by Crippen LogP contribution is -2.32. The van der Waals surface area contributed by atoms with Crippen LogP contribution in [0.25, 0.3) is 0 Å². The molecular formula is C8H15N3O2. The highest BCUT2D eigenvalue weighted by Crippen LogP contribution is 2.32. The first-order chi connectivity index (χ1) is 5.85. The molecule has 3 N–H and O–H groups in total. The summed E-state index contributed by atoms with van der Waals surface area (Å²) in [5.74, 6) is 5.21. The molecule has 0 atom stereocenters. The average Bonchev–Trinajstić information content (AvgIpc) is 2.13. The van der Waals surface area contributed by atoms with E-state index in [0.29, 0.717) is 11.4 Å². The Kier molecular flexibility index (Phi) is 2.07. The van der Waals surface area contributed by atoms with Crippen LogP contribution in [0.1, 0.15) is 27.7 Å². The maximum absolute atomic E-state index is 8.81. The van der Waals surface area contributed by atoms with Crippen LogP contribution in [0.3, 0.4) is 0 Å². The predicted octanol–water partition coefficient (Wildman–Crippen LogP) is 0.719. The Labute approximate surface area is 77.3 Å². The van der Waals surface area contributed by atoms with Crippen LogP contribution < -0.4 is 5.84 Å². The van der Waals surface area contributed by atoms with Crippen LogP contribution >= 0.6 is 0 Å². The van der Waals surface area contributed by atoms with Crippen molar-refractivity contribution < 1.29 is 9.94 Å². The second-order valence-corrected chi connectivity index (χ2v) is 4.05. The van der Waals surface area contributed by atoms with Crippen LogP contribution in [0.5, 0.6) is 0 Å². The van der Waals surface area contributed by atoms with Gasteiger partial charge in [-0.25, -0.2) is 0 Å². The topological polar surface area (TPSA) is 80.2 Å². The van der Waals surface area contributed by atoms with E-state index in [0.717, 1.165) is 0 Å². The molecule has 1 rings (SSSR count). The number of oxime groups is 1. The standard InChI is InChI=1S/C8H15N3O2/c1-7(2)5(10-9)6(11-12)8(3,4)13-7/h12H,9H2,1-4H3/b10-5-,11-6-. The molecule has 0 aromatic heterocycles. The fourth-order valence-electron chi connectivity index (χ4n) is 1.69. The van der Waals surface area contributed by atoms with Crippen molar-refractivity contribution in [2.45, 2.75) is 38.9 Å². The minimum Gasteiger partial charge on any atom is -0.410 e. The molecule has 0 aromatic carbocycles. The van der Waals surface area contributed by atoms with Crippen LogP contribution in [-0.4, -0.2) is 27.8 Å². The lowest BCUT2D eigenvalue weighted by molar-refractivity contribution is -0.0277. The Morgan fingerprint density at radius 2 is 1.62 bits per heavy atom. The summed E-state index contributed by atoms with van der Waals surface area (Å²) < 4.78 is 5.64. The van der Waals surface area contributed by atoms with Gasteiger partial charge in [-0.3, -0.25) is 0 Å². The maximum Gasteiger partial charge on any atom is 0.137 e. The van der Waals surface area contributed by atoms with E-state index in [1.54, 1.807) is 0 Å². The average molecular weight is 185 g/mol. The molecule has 74 valence electrons. The summed E-state index contributed by atoms with van der Waals surface area (Å²) in [7, 11) is 0. The highest BCUT2D eigenvalue weighted by Gasteiger charge is 2.49. The van der Waals surface area contributed by atoms with Gasteiger partial charge in [0.25, 0.3) is 0 Å². The Hall–Kier alpha value is -1.10. The number of rotatable bonds is 0. The summed E-state index contributed by atoms with van der Waals surface area (Å²) in [5, 5.41) is 15.6. The van der Waals surface area contributed by atoms with Gasteiger partial charge in [-0.15, -0.1) is 0 Å². The molecule has 0 saturated carbocycles. The molecule has 1 fully saturated rings. The highest BCUT2D eigenvalue weighted by atomic mass is 16.5. The number of ether oxygens (including phenoxy) is 1. The van der Waals surface area contributed by atoms with Crippen molar-refractivity contribution in [2.24, 2.45) is 16.1 Å². The summed E-state index contributed by atoms with van der Waals surface area (Å²) >= 11 is 0. The Morgan fingerprint density at radius 1 is 1.15 bits per heavy atom. The van der Waals surface area contributed by atoms with Crippen molar-refractivity contribution in [1.29, 1.82) is 0 Å². The smallest absolute Gasteiger partial charge is 0.137 e. The van der Waals surface area contributed by atoms with Crippen molar-refractivity contribution in [3.05, 3.63) is 0 Å². The van der Waals surface area contributed by atoms with Crippen molar-refractivity contribution in [2.75, 3.05) is 0 Å². The number of hydrazone groups is 1. The molecule has 1 heterocycles. The normalized spacial score (nSPS) is 31.4. The SMILES string of the molecule is CC1(C)OC(C)(C)C(=N\O)/C1=N/N. The van der Waals surface area contributed by atoms with Crippen LogP contribution in [0, 0.1) is 0 Å². The van der Waals surface area contributed by atoms with Crippen LogP contribution in [0.15, 0.2) is 10.3 Å². The van der Waals surface area contributed by atoms with Gasteiger partial charge in [0, 0.05) is 0 Å². The summed E-state index contributed by atoms with van der Waals surface area (Å²) in [6.07, 6.45) is 0. The molecule has 0 aromatic rings. The van der Waals surface area contributed by atoms with Gasteiger partial charge in [0.1, 0.15) is 22.6 Å². The number of hydrogen-bond acceptors (Lipinski definition) is 5. The third-order valence-corrected chi connectivity index (χ3v) is 2.10. The molecule has 1 aliphatic rings. The van der Waals surface area contributed by atoms with Gasteiger partial charge in [-0.05, 0) is 27.7 Å². The summed E-state index contributed by atoms with van der Waals surface area (Å²) in [4.78, 5) is 0. The third kappa shape index (κ3) is 1.39. The summed E-state index contributed by atoms with van der Waals surface area (Å²) in [5.41, 5.74) is -0.365. The molecular weight excluding hydrogens is 170 g/mol. The van der Waals surface area contributed by atoms with Gasteiger partial charge in [-0.1, -0.05) is 5.16 Å². The lowest BCUT2D eigenvalue weighted by atomic mass is 9.96. The van der Waals surface area contributed by atoms with Gasteiger partial charge in [0.2, 0.25) is 0 Å². The molecule has 0 spiro atoms. The van der Waals surface area contributed by atoms with E-state index in [4.69, 9.17) is 15.8 Å². The van der Waals surface area contributed by atoms with Crippen molar-refractivity contribution in [3.8, 4) is 0 Å². The Morgan fingerprint density at radius 3 is 1.92 bits per heavy atom. The minimum atomic E-state index is -0.642. The van der Waals surface area contributed by atoms with Gasteiger partial charge in [0.05, 0.1) is 0 Å². The first-order valence-corrected chi connectivity index (χ1v) is 4.06. The highest BCUT2D eigenvalue weighted by molar-refractivity contribution is 6.49. The first-order valence-electron chi connectivity index (χ1n) is 4.06. The van der Waals surface area contributed by atoms with Gasteiger partial charge in [0.15, 0.2) is 0 Å². The van der Waals surface area contributed by atoms with E-state index in [9.17, 15) is 0 Å². The van der Waals surface area contributed by atoms with Gasteiger partial charge >= 0.3 is 0 Å². The molecule has 1 aliphatic heterocycles. The van der Waals surface area contributed by atoms with E-state index < -0.39 is 11.2 Å². The second-order valence-electron chi connectivity index (χ2n) is 4.05. The zero-order valence-corrected chi connectivity index (χ0v) is 8.33. The molecule has 0 radical (unpaired) electrons. The monoisotopic (exact) mass is 185 g/mol. The third-order valence-electron chi connectivity index (χ3n) is 2.10. The number of nitrogens with zero attached hydrogens (tertiary/aromatic N) is 2. The van der Waals surface area contributed by atoms with Crippen LogP contribution in [0.4, 0.5) is 0 Å². The van der Waals surface area contributed by atoms with E-state index in [2.05, 4.69) is 10.3 Å². The van der Waals surface area contributed by atoms with Crippen LogP contribution in [-0.2, 0) is 4.74 Å². The molecule has 5 heteroatoms. The lowest BCUT2D eigenvalue weighted by Gasteiger charge is -2.21. The van der Waals surface area contributed by atoms with E-state index in [1.165, 1.54) is 0 Å². The Balaban J connectivity index is 3.23. The van der Waals surface area contributed by atoms with Gasteiger partial charge in [-0.2, -0.15) is 5.10 Å². The van der Waals surface area contributed by atoms with E-state index in [1.807, 2.05) is 27.7 Å². The van der Waals surface area contributed by atoms with Gasteiger partial charge < -0.3 is 15.8 Å². The molecule has 0 amide bonds. The van der Waals surface area contributed by atoms with Crippen molar-refractivity contribution in [1.82, 2.24) is 0 Å². The van der Waals surface area contributed by atoms with E-state index in [-0.39, 0.29) is 0 Å². The number of nitrogens with two attached hydrogens (primary N) is 1. The first kappa shape index (κ1) is 9.98. The van der Waals surface area contributed by atoms with Crippen molar-refractivity contribution in [3.63, 3.8) is 0 Å². The molecule has 0 aliphatic carbocycles. The van der Waals surface area contributed by atoms with Crippen LogP contribution in [0.2, 0.25) is 0 Å². The minimum absolute atomic E-state index is 0.389. The molecule has 0 bridgehead atoms. The molecule has 0 unspecified atom stereocenters. The quantitative estimate of drug-likeness (QED) is 0.331. The Bertz CT molecular complexity index is 251. The van der Waals surface area contributed by atoms with Crippen molar-refractivity contribution >= 4 is 11.4 Å². The molecule has 13 heavy (non-hydrogen) atoms. The largest absolute Gasteiger partial charge is 0.410 e. The maximum atomic E-state index is 8.81. The number of hydrogen-bond donors (Lipinski definition) is 2. The van der Waals surface area contributed by atoms with E-state index >= 15 is 0 Å². The summed E-state index contributed by atoms with van der Waals surface area (Å²) in [6, 6.07) is 0. The second kappa shape index (κ2) is 2.70. The fourth-order valence-corrected chi connectivity index (χ4v) is 1.69. The fraction of sp³-hybridized carbons (Fsp3) is 0.750. The zero-order chi connectivity index (χ0) is 10.3. The summed E-state index contributed by atoms with van der Waals surface area (Å²) in [6.45, 7) is 7.28. The predicted molar refractivity (Wildman–Crippen MR) is 50.1 cm³/mol. The molecule has 5 nitrogen and oxygen atoms in total. The zero-order valence-electron chi connectivity index (χ0n) is 8.33. The molecule has 1 saturated heterocycles.